The van der Waals surface area contributed by atoms with Crippen molar-refractivity contribution in [1.29, 1.82) is 0 Å². The van der Waals surface area contributed by atoms with E-state index in [-0.39, 0.29) is 11.8 Å². The minimum absolute atomic E-state index is 0.213. The molecule has 4 aliphatic carbocycles. The molecule has 5 heteroatoms. The lowest BCUT2D eigenvalue weighted by Gasteiger charge is -2.58. The summed E-state index contributed by atoms with van der Waals surface area (Å²) in [7, 11) is 0. The predicted octanol–water partition coefficient (Wildman–Crippen LogP) is 3.53. The maximum Gasteiger partial charge on any atom is 0.312 e. The lowest BCUT2D eigenvalue weighted by atomic mass is 9.48. The van der Waals surface area contributed by atoms with Gasteiger partial charge in [0.25, 0.3) is 0 Å². The van der Waals surface area contributed by atoms with Gasteiger partial charge in [-0.2, -0.15) is 0 Å². The van der Waals surface area contributed by atoms with Gasteiger partial charge in [0.1, 0.15) is 5.75 Å². The number of esters is 1. The van der Waals surface area contributed by atoms with Crippen LogP contribution < -0.4 is 4.74 Å². The Morgan fingerprint density at radius 3 is 2.33 bits per heavy atom. The molecule has 0 heterocycles. The van der Waals surface area contributed by atoms with Gasteiger partial charge < -0.3 is 14.6 Å². The van der Waals surface area contributed by atoms with Crippen LogP contribution in [-0.2, 0) is 9.53 Å². The number of aliphatic hydroxyl groups is 1. The SMILES string of the molecule is CCOc1ccc(C(=O)[C@@H](C)OC(=O)C23C[C@@H]4C[C@@H](CC(O)(C4)C2)C3)cc1. The van der Waals surface area contributed by atoms with Crippen molar-refractivity contribution in [3.05, 3.63) is 29.8 Å². The Labute approximate surface area is 160 Å². The number of ether oxygens (including phenoxy) is 2. The zero-order valence-corrected chi connectivity index (χ0v) is 16.1. The fourth-order valence-electron chi connectivity index (χ4n) is 5.91. The van der Waals surface area contributed by atoms with Gasteiger partial charge in [0, 0.05) is 5.56 Å². The molecular formula is C22H28O5. The van der Waals surface area contributed by atoms with Crippen molar-refractivity contribution in [2.45, 2.75) is 64.1 Å². The van der Waals surface area contributed by atoms with Crippen LogP contribution >= 0.6 is 0 Å². The highest BCUT2D eigenvalue weighted by atomic mass is 16.5. The van der Waals surface area contributed by atoms with Gasteiger partial charge in [0.15, 0.2) is 6.10 Å². The zero-order chi connectivity index (χ0) is 19.2. The first kappa shape index (κ1) is 18.5. The molecule has 0 aliphatic heterocycles. The smallest absolute Gasteiger partial charge is 0.312 e. The number of benzene rings is 1. The number of ketones is 1. The Hall–Kier alpha value is -1.88. The fraction of sp³-hybridized carbons (Fsp3) is 0.636. The van der Waals surface area contributed by atoms with Gasteiger partial charge in [-0.15, -0.1) is 0 Å². The molecule has 1 N–H and O–H groups in total. The number of hydrogen-bond acceptors (Lipinski definition) is 5. The lowest BCUT2D eigenvalue weighted by Crippen LogP contribution is -2.58. The second-order valence-electron chi connectivity index (χ2n) is 8.83. The quantitative estimate of drug-likeness (QED) is 0.611. The summed E-state index contributed by atoms with van der Waals surface area (Å²) >= 11 is 0. The minimum Gasteiger partial charge on any atom is -0.494 e. The normalized spacial score (nSPS) is 34.9. The average Bonchev–Trinajstić information content (AvgIpc) is 2.60. The van der Waals surface area contributed by atoms with Crippen molar-refractivity contribution in [3.8, 4) is 5.75 Å². The van der Waals surface area contributed by atoms with Crippen LogP contribution in [0.25, 0.3) is 0 Å². The van der Waals surface area contributed by atoms with Crippen molar-refractivity contribution in [3.63, 3.8) is 0 Å². The maximum absolute atomic E-state index is 13.0. The van der Waals surface area contributed by atoms with Gasteiger partial charge in [-0.25, -0.2) is 0 Å². The highest BCUT2D eigenvalue weighted by Crippen LogP contribution is 2.62. The monoisotopic (exact) mass is 372 g/mol. The predicted molar refractivity (Wildman–Crippen MR) is 99.6 cm³/mol. The summed E-state index contributed by atoms with van der Waals surface area (Å²) in [5.41, 5.74) is -0.819. The Balaban J connectivity index is 1.44. The third-order valence-electron chi connectivity index (χ3n) is 6.57. The van der Waals surface area contributed by atoms with Crippen molar-refractivity contribution in [2.24, 2.45) is 17.3 Å². The minimum atomic E-state index is -0.835. The third-order valence-corrected chi connectivity index (χ3v) is 6.57. The molecule has 0 saturated heterocycles. The van der Waals surface area contributed by atoms with Crippen molar-refractivity contribution in [2.75, 3.05) is 6.61 Å². The Kier molecular flexibility index (Phi) is 4.53. The molecule has 0 radical (unpaired) electrons. The van der Waals surface area contributed by atoms with E-state index in [0.29, 0.717) is 36.2 Å². The number of carbonyl (C=O) groups is 2. The van der Waals surface area contributed by atoms with Crippen LogP contribution in [0.15, 0.2) is 24.3 Å². The molecule has 0 spiro atoms. The van der Waals surface area contributed by atoms with Crippen LogP contribution in [0.4, 0.5) is 0 Å². The van der Waals surface area contributed by atoms with E-state index >= 15 is 0 Å². The molecule has 1 aromatic carbocycles. The van der Waals surface area contributed by atoms with Crippen LogP contribution in [0, 0.1) is 17.3 Å². The Morgan fingerprint density at radius 2 is 1.78 bits per heavy atom. The molecule has 0 amide bonds. The van der Waals surface area contributed by atoms with Gasteiger partial charge in [-0.3, -0.25) is 9.59 Å². The summed E-state index contributed by atoms with van der Waals surface area (Å²) in [5, 5.41) is 10.8. The maximum atomic E-state index is 13.0. The Bertz CT molecular complexity index is 724. The molecule has 4 bridgehead atoms. The van der Waals surface area contributed by atoms with Crippen LogP contribution in [0.5, 0.6) is 5.75 Å². The van der Waals surface area contributed by atoms with Gasteiger partial charge in [0.2, 0.25) is 5.78 Å². The molecule has 0 aromatic heterocycles. The summed E-state index contributed by atoms with van der Waals surface area (Å²) in [5.74, 6) is 0.999. The number of rotatable bonds is 6. The summed E-state index contributed by atoms with van der Waals surface area (Å²) in [6.45, 7) is 4.10. The van der Waals surface area contributed by atoms with E-state index in [1.54, 1.807) is 31.2 Å². The molecule has 146 valence electrons. The molecule has 5 rings (SSSR count). The number of Topliss-reactive ketones (excluding diaryl/α,β-unsaturated/α-hetero) is 1. The topological polar surface area (TPSA) is 72.8 Å². The van der Waals surface area contributed by atoms with E-state index < -0.39 is 17.1 Å². The Morgan fingerprint density at radius 1 is 1.15 bits per heavy atom. The zero-order valence-electron chi connectivity index (χ0n) is 16.1. The van der Waals surface area contributed by atoms with Gasteiger partial charge in [-0.05, 0) is 88.5 Å². The van der Waals surface area contributed by atoms with Gasteiger partial charge >= 0.3 is 5.97 Å². The summed E-state index contributed by atoms with van der Waals surface area (Å²) in [6.07, 6.45) is 3.94. The molecule has 5 atom stereocenters. The van der Waals surface area contributed by atoms with E-state index in [4.69, 9.17) is 9.47 Å². The molecule has 4 fully saturated rings. The van der Waals surface area contributed by atoms with E-state index in [0.717, 1.165) is 32.1 Å². The third kappa shape index (κ3) is 3.38. The number of hydrogen-bond donors (Lipinski definition) is 1. The summed E-state index contributed by atoms with van der Waals surface area (Å²) in [6, 6.07) is 6.90. The second kappa shape index (κ2) is 6.62. The average molecular weight is 372 g/mol. The van der Waals surface area contributed by atoms with Crippen molar-refractivity contribution >= 4 is 11.8 Å². The standard InChI is InChI=1S/C22H28O5/c1-3-26-18-6-4-17(5-7-18)19(23)14(2)27-20(24)21-9-15-8-16(10-21)12-22(25,11-15)13-21/h4-7,14-16,25H,3,8-13H2,1-2H3/t14-,15-,16+,21?,22?/m1/s1. The van der Waals surface area contributed by atoms with Crippen molar-refractivity contribution < 1.29 is 24.2 Å². The van der Waals surface area contributed by atoms with Gasteiger partial charge in [-0.1, -0.05) is 0 Å². The lowest BCUT2D eigenvalue weighted by molar-refractivity contribution is -0.197. The second-order valence-corrected chi connectivity index (χ2v) is 8.83. The van der Waals surface area contributed by atoms with E-state index in [1.165, 1.54) is 0 Å². The first-order valence-corrected chi connectivity index (χ1v) is 10.0. The summed E-state index contributed by atoms with van der Waals surface area (Å²) in [4.78, 5) is 25.7. The molecule has 5 nitrogen and oxygen atoms in total. The molecule has 2 unspecified atom stereocenters. The van der Waals surface area contributed by atoms with Crippen LogP contribution in [-0.4, -0.2) is 35.2 Å². The highest BCUT2D eigenvalue weighted by Gasteiger charge is 2.61. The molecule has 1 aromatic rings. The van der Waals surface area contributed by atoms with E-state index in [2.05, 4.69) is 0 Å². The first-order valence-electron chi connectivity index (χ1n) is 10.0. The fourth-order valence-corrected chi connectivity index (χ4v) is 5.91. The molecule has 4 aliphatic rings. The first-order chi connectivity index (χ1) is 12.8. The molecule has 4 saturated carbocycles. The number of carbonyl (C=O) groups excluding carboxylic acids is 2. The summed E-state index contributed by atoms with van der Waals surface area (Å²) < 4.78 is 11.0. The molecular weight excluding hydrogens is 344 g/mol. The van der Waals surface area contributed by atoms with Crippen LogP contribution in [0.1, 0.15) is 62.7 Å². The van der Waals surface area contributed by atoms with E-state index in [1.807, 2.05) is 6.92 Å². The largest absolute Gasteiger partial charge is 0.494 e. The van der Waals surface area contributed by atoms with Crippen LogP contribution in [0.3, 0.4) is 0 Å². The van der Waals surface area contributed by atoms with Crippen molar-refractivity contribution in [1.82, 2.24) is 0 Å². The van der Waals surface area contributed by atoms with Gasteiger partial charge in [0.05, 0.1) is 17.6 Å². The molecule has 27 heavy (non-hydrogen) atoms. The highest BCUT2D eigenvalue weighted by molar-refractivity contribution is 6.00. The van der Waals surface area contributed by atoms with E-state index in [9.17, 15) is 14.7 Å². The van der Waals surface area contributed by atoms with Crippen LogP contribution in [0.2, 0.25) is 0 Å².